The molecule has 0 aliphatic carbocycles. The van der Waals surface area contributed by atoms with Gasteiger partial charge in [-0.2, -0.15) is 8.42 Å². The van der Waals surface area contributed by atoms with Crippen LogP contribution in [0.25, 0.3) is 0 Å². The monoisotopic (exact) mass is 746 g/mol. The molecule has 0 fully saturated rings. The van der Waals surface area contributed by atoms with Gasteiger partial charge in [-0.25, -0.2) is 0 Å². The second-order valence-electron chi connectivity index (χ2n) is 13.1. The summed E-state index contributed by atoms with van der Waals surface area (Å²) < 4.78 is 64.7. The molecule has 0 unspecified atom stereocenters. The van der Waals surface area contributed by atoms with E-state index in [-0.39, 0.29) is 31.3 Å². The van der Waals surface area contributed by atoms with Crippen LogP contribution in [0.3, 0.4) is 0 Å². The third-order valence-corrected chi connectivity index (χ3v) is 10.2. The van der Waals surface area contributed by atoms with Gasteiger partial charge in [0.1, 0.15) is 29.8 Å². The van der Waals surface area contributed by atoms with Crippen molar-refractivity contribution in [3.05, 3.63) is 197 Å². The quantitative estimate of drug-likeness (QED) is 0.0714. The lowest BCUT2D eigenvalue weighted by molar-refractivity contribution is -0.174. The maximum atomic E-state index is 13.1. The van der Waals surface area contributed by atoms with Crippen LogP contribution in [0.15, 0.2) is 161 Å². The SMILES string of the molecule is Cc1ccc(S(=O)(=O)OCc2cc([C@@H](OCc3ccccc3)[C@H](OCc3ccccc3)[C@@H](COCc3ccccc3)OCc3ccccc3)oc2C)cc1. The van der Waals surface area contributed by atoms with Crippen LogP contribution in [0, 0.1) is 13.8 Å². The number of aryl methyl sites for hydroxylation is 2. The minimum absolute atomic E-state index is 0.0850. The van der Waals surface area contributed by atoms with Crippen LogP contribution >= 0.6 is 0 Å². The summed E-state index contributed by atoms with van der Waals surface area (Å²) in [5, 5.41) is 0. The molecule has 0 saturated heterocycles. The molecule has 0 N–H and O–H groups in total. The predicted molar refractivity (Wildman–Crippen MR) is 207 cm³/mol. The van der Waals surface area contributed by atoms with E-state index in [9.17, 15) is 8.42 Å². The summed E-state index contributed by atoms with van der Waals surface area (Å²) >= 11 is 0. The molecule has 8 nitrogen and oxygen atoms in total. The topological polar surface area (TPSA) is 93.4 Å². The van der Waals surface area contributed by atoms with Crippen LogP contribution in [0.2, 0.25) is 0 Å². The zero-order valence-electron chi connectivity index (χ0n) is 30.6. The zero-order chi connectivity index (χ0) is 37.6. The van der Waals surface area contributed by atoms with Gasteiger partial charge in [0.25, 0.3) is 10.1 Å². The zero-order valence-corrected chi connectivity index (χ0v) is 31.4. The summed E-state index contributed by atoms with van der Waals surface area (Å²) in [6, 6.07) is 48.0. The molecule has 3 atom stereocenters. The molecule has 54 heavy (non-hydrogen) atoms. The molecule has 0 aliphatic heterocycles. The summed E-state index contributed by atoms with van der Waals surface area (Å²) in [5.74, 6) is 0.950. The van der Waals surface area contributed by atoms with Gasteiger partial charge in [0.05, 0.1) is 44.5 Å². The second-order valence-corrected chi connectivity index (χ2v) is 14.7. The van der Waals surface area contributed by atoms with Crippen molar-refractivity contribution < 1.29 is 36.0 Å². The Kier molecular flexibility index (Phi) is 14.0. The highest BCUT2D eigenvalue weighted by Gasteiger charge is 2.37. The Labute approximate surface area is 318 Å². The van der Waals surface area contributed by atoms with Crippen molar-refractivity contribution in [2.24, 2.45) is 0 Å². The van der Waals surface area contributed by atoms with Crippen LogP contribution in [0.1, 0.15) is 51.0 Å². The number of hydrogen-bond donors (Lipinski definition) is 0. The Morgan fingerprint density at radius 2 is 1.04 bits per heavy atom. The highest BCUT2D eigenvalue weighted by molar-refractivity contribution is 7.86. The molecule has 9 heteroatoms. The number of hydrogen-bond acceptors (Lipinski definition) is 8. The van der Waals surface area contributed by atoms with E-state index in [4.69, 9.17) is 27.5 Å². The predicted octanol–water partition coefficient (Wildman–Crippen LogP) is 9.45. The summed E-state index contributed by atoms with van der Waals surface area (Å²) in [6.45, 7) is 4.85. The van der Waals surface area contributed by atoms with E-state index in [1.54, 1.807) is 25.1 Å². The largest absolute Gasteiger partial charge is 0.463 e. The van der Waals surface area contributed by atoms with Gasteiger partial charge in [-0.3, -0.25) is 4.18 Å². The van der Waals surface area contributed by atoms with Crippen molar-refractivity contribution in [3.8, 4) is 0 Å². The number of ether oxygens (including phenoxy) is 4. The summed E-state index contributed by atoms with van der Waals surface area (Å²) in [5.41, 5.74) is 5.48. The summed E-state index contributed by atoms with van der Waals surface area (Å²) in [4.78, 5) is 0.0850. The molecular formula is C45H46O8S. The molecule has 0 bridgehead atoms. The lowest BCUT2D eigenvalue weighted by atomic mass is 10.0. The number of benzene rings is 5. The van der Waals surface area contributed by atoms with Gasteiger partial charge in [-0.15, -0.1) is 0 Å². The normalized spacial score (nSPS) is 13.4. The van der Waals surface area contributed by atoms with Crippen molar-refractivity contribution in [2.45, 2.75) is 70.1 Å². The smallest absolute Gasteiger partial charge is 0.297 e. The van der Waals surface area contributed by atoms with E-state index in [0.717, 1.165) is 27.8 Å². The summed E-state index contributed by atoms with van der Waals surface area (Å²) in [6.07, 6.45) is -2.15. The average Bonchev–Trinajstić information content (AvgIpc) is 3.58. The van der Waals surface area contributed by atoms with Gasteiger partial charge in [-0.05, 0) is 54.3 Å². The van der Waals surface area contributed by atoms with E-state index in [2.05, 4.69) is 0 Å². The molecule has 6 aromatic rings. The summed E-state index contributed by atoms with van der Waals surface area (Å²) in [7, 11) is -4.02. The van der Waals surface area contributed by atoms with Crippen molar-refractivity contribution in [3.63, 3.8) is 0 Å². The van der Waals surface area contributed by atoms with Gasteiger partial charge in [-0.1, -0.05) is 139 Å². The van der Waals surface area contributed by atoms with Gasteiger partial charge in [0, 0.05) is 5.56 Å². The Balaban J connectivity index is 1.33. The first-order valence-corrected chi connectivity index (χ1v) is 19.4. The van der Waals surface area contributed by atoms with Gasteiger partial charge >= 0.3 is 0 Å². The minimum Gasteiger partial charge on any atom is -0.463 e. The van der Waals surface area contributed by atoms with Crippen molar-refractivity contribution in [1.29, 1.82) is 0 Å². The third kappa shape index (κ3) is 11.3. The molecule has 280 valence electrons. The average molecular weight is 747 g/mol. The first kappa shape index (κ1) is 38.8. The Hall–Kier alpha value is -4.87. The molecular weight excluding hydrogens is 701 g/mol. The Bertz CT molecular complexity index is 2090. The van der Waals surface area contributed by atoms with Crippen LogP contribution in [-0.4, -0.2) is 27.2 Å². The van der Waals surface area contributed by atoms with E-state index in [1.165, 1.54) is 12.1 Å². The van der Waals surface area contributed by atoms with Crippen LogP contribution in [-0.2, 0) is 66.3 Å². The molecule has 0 saturated carbocycles. The highest BCUT2D eigenvalue weighted by atomic mass is 32.2. The van der Waals surface area contributed by atoms with Gasteiger partial charge < -0.3 is 23.4 Å². The molecule has 1 heterocycles. The molecule has 0 amide bonds. The van der Waals surface area contributed by atoms with Crippen molar-refractivity contribution in [1.82, 2.24) is 0 Å². The minimum atomic E-state index is -4.02. The molecule has 0 radical (unpaired) electrons. The molecule has 0 aliphatic rings. The van der Waals surface area contributed by atoms with Crippen molar-refractivity contribution >= 4 is 10.1 Å². The van der Waals surface area contributed by atoms with E-state index >= 15 is 0 Å². The van der Waals surface area contributed by atoms with Crippen LogP contribution in [0.5, 0.6) is 0 Å². The number of furan rings is 1. The standard InChI is InChI=1S/C45H46O8S/c1-34-23-25-41(26-24-34)54(46,47)52-32-40-27-42(53-35(40)2)44(50-30-38-19-11-5-12-20-38)45(51-31-39-21-13-6-14-22-39)43(49-29-37-17-9-4-10-18-37)33-48-28-36-15-7-3-8-16-36/h3-27,43-45H,28-33H2,1-2H3/t43-,44-,45-/m1/s1. The third-order valence-electron chi connectivity index (χ3n) is 8.92. The fourth-order valence-electron chi connectivity index (χ4n) is 5.88. The first-order chi connectivity index (χ1) is 26.3. The van der Waals surface area contributed by atoms with Crippen LogP contribution < -0.4 is 0 Å². The van der Waals surface area contributed by atoms with Gasteiger partial charge in [0.2, 0.25) is 0 Å². The second kappa shape index (κ2) is 19.5. The van der Waals surface area contributed by atoms with E-state index in [1.807, 2.05) is 128 Å². The van der Waals surface area contributed by atoms with E-state index < -0.39 is 28.4 Å². The molecule has 6 rings (SSSR count). The number of rotatable bonds is 20. The Morgan fingerprint density at radius 1 is 0.556 bits per heavy atom. The van der Waals surface area contributed by atoms with Gasteiger partial charge in [0.15, 0.2) is 0 Å². The van der Waals surface area contributed by atoms with E-state index in [0.29, 0.717) is 30.3 Å². The molecule has 1 aromatic heterocycles. The molecule has 5 aromatic carbocycles. The first-order valence-electron chi connectivity index (χ1n) is 18.0. The maximum Gasteiger partial charge on any atom is 0.297 e. The fraction of sp³-hybridized carbons (Fsp3) is 0.244. The lowest BCUT2D eigenvalue weighted by Crippen LogP contribution is -2.41. The molecule has 0 spiro atoms. The fourth-order valence-corrected chi connectivity index (χ4v) is 6.77. The van der Waals surface area contributed by atoms with Crippen molar-refractivity contribution in [2.75, 3.05) is 6.61 Å². The van der Waals surface area contributed by atoms with Crippen LogP contribution in [0.4, 0.5) is 0 Å². The maximum absolute atomic E-state index is 13.1. The Morgan fingerprint density at radius 3 is 1.57 bits per heavy atom. The lowest BCUT2D eigenvalue weighted by Gasteiger charge is -2.33. The highest BCUT2D eigenvalue weighted by Crippen LogP contribution is 2.33.